The Balaban J connectivity index is 2.43. The molecule has 2 rings (SSSR count). The second kappa shape index (κ2) is 3.84. The largest absolute Gasteiger partial charge is 0.483 e. The Bertz CT molecular complexity index is 466. The Morgan fingerprint density at radius 3 is 2.88 bits per heavy atom. The first-order valence-electron chi connectivity index (χ1n) is 4.83. The lowest BCUT2D eigenvalue weighted by atomic mass is 10.2. The van der Waals surface area contributed by atoms with E-state index in [1.807, 2.05) is 19.0 Å². The van der Waals surface area contributed by atoms with Crippen LogP contribution in [0, 0.1) is 0 Å². The molecule has 5 heteroatoms. The van der Waals surface area contributed by atoms with Gasteiger partial charge in [-0.3, -0.25) is 0 Å². The number of rotatable bonds is 1. The van der Waals surface area contributed by atoms with E-state index in [0.717, 1.165) is 5.84 Å². The van der Waals surface area contributed by atoms with Crippen molar-refractivity contribution in [2.75, 3.05) is 20.7 Å². The Labute approximate surface area is 93.0 Å². The van der Waals surface area contributed by atoms with Crippen LogP contribution in [0.4, 0.5) is 5.69 Å². The van der Waals surface area contributed by atoms with Gasteiger partial charge in [-0.2, -0.15) is 0 Å². The van der Waals surface area contributed by atoms with E-state index in [1.165, 1.54) is 12.1 Å². The summed E-state index contributed by atoms with van der Waals surface area (Å²) in [6.45, 7) is 0.409. The van der Waals surface area contributed by atoms with Crippen molar-refractivity contribution in [3.8, 4) is 5.75 Å². The molecule has 0 bridgehead atoms. The Kier molecular flexibility index (Phi) is 2.52. The van der Waals surface area contributed by atoms with Crippen LogP contribution in [-0.2, 0) is 0 Å². The van der Waals surface area contributed by atoms with Gasteiger partial charge in [0.2, 0.25) is 0 Å². The molecule has 1 N–H and O–H groups in total. The van der Waals surface area contributed by atoms with Gasteiger partial charge in [0.25, 0.3) is 0 Å². The molecular formula is C11H12N2O3. The maximum Gasteiger partial charge on any atom is 0.335 e. The predicted molar refractivity (Wildman–Crippen MR) is 59.7 cm³/mol. The number of hydrogen-bond acceptors (Lipinski definition) is 4. The maximum absolute atomic E-state index is 10.8. The number of ether oxygens (including phenoxy) is 1. The molecule has 0 radical (unpaired) electrons. The van der Waals surface area contributed by atoms with E-state index in [4.69, 9.17) is 9.84 Å². The second-order valence-corrected chi connectivity index (χ2v) is 3.70. The van der Waals surface area contributed by atoms with Gasteiger partial charge in [0.1, 0.15) is 23.9 Å². The lowest BCUT2D eigenvalue weighted by Crippen LogP contribution is -2.29. The molecule has 1 aliphatic heterocycles. The van der Waals surface area contributed by atoms with E-state index in [1.54, 1.807) is 6.07 Å². The molecule has 0 spiro atoms. The molecule has 1 aliphatic rings. The monoisotopic (exact) mass is 220 g/mol. The highest BCUT2D eigenvalue weighted by Crippen LogP contribution is 2.31. The summed E-state index contributed by atoms with van der Waals surface area (Å²) >= 11 is 0. The van der Waals surface area contributed by atoms with Gasteiger partial charge in [-0.1, -0.05) is 0 Å². The standard InChI is InChI=1S/C11H12N2O3/c1-13(2)10-6-16-9-4-3-7(11(14)15)5-8(9)12-10/h3-5H,6H2,1-2H3,(H,14,15). The van der Waals surface area contributed by atoms with Gasteiger partial charge >= 0.3 is 5.97 Å². The number of carbonyl (C=O) groups is 1. The Hall–Kier alpha value is -2.04. The summed E-state index contributed by atoms with van der Waals surface area (Å²) in [4.78, 5) is 17.0. The summed E-state index contributed by atoms with van der Waals surface area (Å²) in [6, 6.07) is 4.66. The van der Waals surface area contributed by atoms with Crippen LogP contribution in [-0.4, -0.2) is 42.5 Å². The SMILES string of the molecule is CN(C)C1=Nc2cc(C(=O)O)ccc2OC1. The number of aromatic carboxylic acids is 1. The van der Waals surface area contributed by atoms with Gasteiger partial charge in [0.15, 0.2) is 0 Å². The van der Waals surface area contributed by atoms with Gasteiger partial charge in [0.05, 0.1) is 5.56 Å². The fraction of sp³-hybridized carbons (Fsp3) is 0.273. The molecule has 0 atom stereocenters. The number of carboxylic acids is 1. The zero-order chi connectivity index (χ0) is 11.7. The normalized spacial score (nSPS) is 13.5. The molecule has 0 amide bonds. The second-order valence-electron chi connectivity index (χ2n) is 3.70. The number of carboxylic acid groups (broad SMARTS) is 1. The molecule has 0 aromatic heterocycles. The highest BCUT2D eigenvalue weighted by atomic mass is 16.5. The molecule has 1 heterocycles. The average Bonchev–Trinajstić information content (AvgIpc) is 2.27. The van der Waals surface area contributed by atoms with E-state index < -0.39 is 5.97 Å². The van der Waals surface area contributed by atoms with Crippen molar-refractivity contribution in [2.24, 2.45) is 4.99 Å². The third-order valence-electron chi connectivity index (χ3n) is 2.33. The molecule has 0 saturated carbocycles. The molecule has 1 aromatic carbocycles. The van der Waals surface area contributed by atoms with Crippen LogP contribution < -0.4 is 4.74 Å². The number of amidine groups is 1. The molecular weight excluding hydrogens is 208 g/mol. The predicted octanol–water partition coefficient (Wildman–Crippen LogP) is 1.37. The molecule has 16 heavy (non-hydrogen) atoms. The summed E-state index contributed by atoms with van der Waals surface area (Å²) in [5.41, 5.74) is 0.779. The summed E-state index contributed by atoms with van der Waals surface area (Å²) < 4.78 is 5.47. The van der Waals surface area contributed by atoms with Crippen molar-refractivity contribution in [1.29, 1.82) is 0 Å². The quantitative estimate of drug-likeness (QED) is 0.776. The lowest BCUT2D eigenvalue weighted by molar-refractivity contribution is 0.0697. The van der Waals surface area contributed by atoms with Gasteiger partial charge in [-0.25, -0.2) is 9.79 Å². The van der Waals surface area contributed by atoms with Crippen molar-refractivity contribution >= 4 is 17.5 Å². The summed E-state index contributed by atoms with van der Waals surface area (Å²) in [5, 5.41) is 8.86. The van der Waals surface area contributed by atoms with Crippen LogP contribution in [0.2, 0.25) is 0 Å². The molecule has 0 aliphatic carbocycles. The zero-order valence-electron chi connectivity index (χ0n) is 9.10. The molecule has 84 valence electrons. The number of nitrogens with zero attached hydrogens (tertiary/aromatic N) is 2. The topological polar surface area (TPSA) is 62.1 Å². The minimum absolute atomic E-state index is 0.214. The highest BCUT2D eigenvalue weighted by molar-refractivity contribution is 5.92. The van der Waals surface area contributed by atoms with E-state index in [9.17, 15) is 4.79 Å². The van der Waals surface area contributed by atoms with E-state index >= 15 is 0 Å². The van der Waals surface area contributed by atoms with Gasteiger partial charge in [-0.15, -0.1) is 0 Å². The molecule has 0 fully saturated rings. The number of hydrogen-bond donors (Lipinski definition) is 1. The third kappa shape index (κ3) is 1.84. The molecule has 1 aromatic rings. The highest BCUT2D eigenvalue weighted by Gasteiger charge is 2.16. The summed E-state index contributed by atoms with van der Waals surface area (Å²) in [7, 11) is 3.74. The van der Waals surface area contributed by atoms with E-state index in [2.05, 4.69) is 4.99 Å². The lowest BCUT2D eigenvalue weighted by Gasteiger charge is -2.21. The fourth-order valence-electron chi connectivity index (χ4n) is 1.40. The zero-order valence-corrected chi connectivity index (χ0v) is 9.10. The summed E-state index contributed by atoms with van der Waals surface area (Å²) in [5.74, 6) is 0.431. The van der Waals surface area contributed by atoms with Crippen molar-refractivity contribution in [3.63, 3.8) is 0 Å². The number of fused-ring (bicyclic) bond motifs is 1. The smallest absolute Gasteiger partial charge is 0.335 e. The number of benzene rings is 1. The number of likely N-dealkylation sites (N-methyl/N-ethyl adjacent to an activating group) is 1. The van der Waals surface area contributed by atoms with Gasteiger partial charge < -0.3 is 14.7 Å². The van der Waals surface area contributed by atoms with Crippen LogP contribution in [0.3, 0.4) is 0 Å². The van der Waals surface area contributed by atoms with Crippen molar-refractivity contribution in [1.82, 2.24) is 4.90 Å². The van der Waals surface area contributed by atoms with Crippen LogP contribution >= 0.6 is 0 Å². The molecule has 0 unspecified atom stereocenters. The van der Waals surface area contributed by atoms with Crippen molar-refractivity contribution in [2.45, 2.75) is 0 Å². The average molecular weight is 220 g/mol. The summed E-state index contributed by atoms with van der Waals surface area (Å²) in [6.07, 6.45) is 0. The van der Waals surface area contributed by atoms with Crippen LogP contribution in [0.5, 0.6) is 5.75 Å². The minimum atomic E-state index is -0.963. The maximum atomic E-state index is 10.8. The van der Waals surface area contributed by atoms with Gasteiger partial charge in [0, 0.05) is 14.1 Å². The van der Waals surface area contributed by atoms with Crippen LogP contribution in [0.15, 0.2) is 23.2 Å². The number of aliphatic imine (C=N–C) groups is 1. The Morgan fingerprint density at radius 1 is 1.50 bits per heavy atom. The van der Waals surface area contributed by atoms with Gasteiger partial charge in [-0.05, 0) is 18.2 Å². The first-order valence-corrected chi connectivity index (χ1v) is 4.83. The van der Waals surface area contributed by atoms with Crippen LogP contribution in [0.25, 0.3) is 0 Å². The fourth-order valence-corrected chi connectivity index (χ4v) is 1.40. The Morgan fingerprint density at radius 2 is 2.25 bits per heavy atom. The van der Waals surface area contributed by atoms with Crippen molar-refractivity contribution in [3.05, 3.63) is 23.8 Å². The molecule has 5 nitrogen and oxygen atoms in total. The minimum Gasteiger partial charge on any atom is -0.483 e. The first kappa shape index (κ1) is 10.5. The van der Waals surface area contributed by atoms with Crippen molar-refractivity contribution < 1.29 is 14.6 Å². The first-order chi connectivity index (χ1) is 7.58. The van der Waals surface area contributed by atoms with Crippen LogP contribution in [0.1, 0.15) is 10.4 Å². The van der Waals surface area contributed by atoms with E-state index in [0.29, 0.717) is 18.0 Å². The van der Waals surface area contributed by atoms with E-state index in [-0.39, 0.29) is 5.56 Å². The molecule has 0 saturated heterocycles. The third-order valence-corrected chi connectivity index (χ3v) is 2.33.